The highest BCUT2D eigenvalue weighted by molar-refractivity contribution is 6.03. The Balaban J connectivity index is 1.74. The van der Waals surface area contributed by atoms with Gasteiger partial charge in [0.05, 0.1) is 32.3 Å². The lowest BCUT2D eigenvalue weighted by molar-refractivity contribution is 0.102. The average Bonchev–Trinajstić information content (AvgIpc) is 2.73. The Bertz CT molecular complexity index is 779. The van der Waals surface area contributed by atoms with Crippen molar-refractivity contribution < 1.29 is 14.3 Å². The van der Waals surface area contributed by atoms with Crippen molar-refractivity contribution >= 4 is 17.4 Å². The Morgan fingerprint density at radius 2 is 2.07 bits per heavy atom. The van der Waals surface area contributed by atoms with Crippen LogP contribution in [0.25, 0.3) is 0 Å². The molecule has 1 amide bonds. The Labute approximate surface area is 159 Å². The van der Waals surface area contributed by atoms with Gasteiger partial charge >= 0.3 is 0 Å². The molecule has 1 aromatic heterocycles. The predicted molar refractivity (Wildman–Crippen MR) is 105 cm³/mol. The number of aromatic nitrogens is 2. The van der Waals surface area contributed by atoms with E-state index in [-0.39, 0.29) is 11.6 Å². The quantitative estimate of drug-likeness (QED) is 0.838. The van der Waals surface area contributed by atoms with Crippen molar-refractivity contribution in [3.05, 3.63) is 36.3 Å². The first-order valence-electron chi connectivity index (χ1n) is 9.28. The zero-order valence-electron chi connectivity index (χ0n) is 16.1. The van der Waals surface area contributed by atoms with Gasteiger partial charge in [-0.15, -0.1) is 0 Å². The third kappa shape index (κ3) is 4.30. The largest absolute Gasteiger partial charge is 0.497 e. The molecule has 0 spiro atoms. The van der Waals surface area contributed by atoms with E-state index in [2.05, 4.69) is 27.1 Å². The summed E-state index contributed by atoms with van der Waals surface area (Å²) in [6, 6.07) is 5.71. The first-order chi connectivity index (χ1) is 13.2. The number of methoxy groups -OCH3 is 2. The number of nitrogens with one attached hydrogen (secondary N) is 1. The number of anilines is 2. The molecule has 1 aliphatic heterocycles. The number of carbonyl (C=O) groups excluding carboxylic acids is 1. The highest BCUT2D eigenvalue weighted by Gasteiger charge is 2.22. The molecule has 0 radical (unpaired) electrons. The Kier molecular flexibility index (Phi) is 6.11. The number of nitrogens with zero attached hydrogens (tertiary/aromatic N) is 3. The van der Waals surface area contributed by atoms with Gasteiger partial charge in [-0.3, -0.25) is 4.79 Å². The fourth-order valence-electron chi connectivity index (χ4n) is 3.41. The second kappa shape index (κ2) is 8.70. The molecule has 2 heterocycles. The molecule has 0 saturated carbocycles. The van der Waals surface area contributed by atoms with Crippen molar-refractivity contribution in [1.29, 1.82) is 0 Å². The van der Waals surface area contributed by atoms with Gasteiger partial charge in [0.15, 0.2) is 0 Å². The van der Waals surface area contributed by atoms with Crippen LogP contribution in [0.3, 0.4) is 0 Å². The summed E-state index contributed by atoms with van der Waals surface area (Å²) in [5.41, 5.74) is 0.781. The van der Waals surface area contributed by atoms with Gasteiger partial charge < -0.3 is 19.7 Å². The van der Waals surface area contributed by atoms with Gasteiger partial charge in [-0.2, -0.15) is 0 Å². The minimum Gasteiger partial charge on any atom is -0.497 e. The molecule has 0 aliphatic carbocycles. The Morgan fingerprint density at radius 3 is 2.74 bits per heavy atom. The van der Waals surface area contributed by atoms with Crippen LogP contribution in [-0.2, 0) is 0 Å². The molecule has 2 aromatic rings. The van der Waals surface area contributed by atoms with Crippen molar-refractivity contribution in [3.8, 4) is 11.5 Å². The van der Waals surface area contributed by atoms with E-state index >= 15 is 0 Å². The van der Waals surface area contributed by atoms with Crippen molar-refractivity contribution in [2.24, 2.45) is 0 Å². The second-order valence-corrected chi connectivity index (χ2v) is 6.53. The molecular weight excluding hydrogens is 344 g/mol. The molecule has 0 bridgehead atoms. The lowest BCUT2D eigenvalue weighted by atomic mass is 10.0. The minimum absolute atomic E-state index is 0.258. The van der Waals surface area contributed by atoms with Gasteiger partial charge in [0.25, 0.3) is 5.91 Å². The number of hydrogen-bond donors (Lipinski definition) is 1. The van der Waals surface area contributed by atoms with Crippen LogP contribution in [0.2, 0.25) is 0 Å². The fraction of sp³-hybridized carbons (Fsp3) is 0.450. The highest BCUT2D eigenvalue weighted by Crippen LogP contribution is 2.29. The molecule has 1 atom stereocenters. The van der Waals surface area contributed by atoms with Gasteiger partial charge in [-0.1, -0.05) is 6.92 Å². The van der Waals surface area contributed by atoms with Crippen LogP contribution in [0.15, 0.2) is 30.6 Å². The number of hydrogen-bond acceptors (Lipinski definition) is 6. The van der Waals surface area contributed by atoms with Crippen molar-refractivity contribution in [3.63, 3.8) is 0 Å². The Morgan fingerprint density at radius 1 is 1.22 bits per heavy atom. The van der Waals surface area contributed by atoms with Gasteiger partial charge in [0.2, 0.25) is 0 Å². The van der Waals surface area contributed by atoms with Crippen LogP contribution >= 0.6 is 0 Å². The number of amides is 1. The van der Waals surface area contributed by atoms with Gasteiger partial charge in [-0.25, -0.2) is 9.97 Å². The van der Waals surface area contributed by atoms with Crippen molar-refractivity contribution in [2.45, 2.75) is 38.6 Å². The molecule has 1 fully saturated rings. The lowest BCUT2D eigenvalue weighted by Crippen LogP contribution is -2.39. The number of carbonyl (C=O) groups is 1. The monoisotopic (exact) mass is 370 g/mol. The summed E-state index contributed by atoms with van der Waals surface area (Å²) in [7, 11) is 3.12. The molecule has 1 saturated heterocycles. The number of ether oxygens (including phenoxy) is 2. The minimum atomic E-state index is -0.341. The van der Waals surface area contributed by atoms with E-state index in [1.54, 1.807) is 38.6 Å². The summed E-state index contributed by atoms with van der Waals surface area (Å²) in [6.45, 7) is 3.18. The summed E-state index contributed by atoms with van der Waals surface area (Å²) < 4.78 is 10.5. The Hall–Kier alpha value is -2.83. The van der Waals surface area contributed by atoms with Crippen molar-refractivity contribution in [2.75, 3.05) is 31.0 Å². The molecule has 1 unspecified atom stereocenters. The maximum absolute atomic E-state index is 12.6. The molecular formula is C20H26N4O3. The first kappa shape index (κ1) is 18.9. The maximum Gasteiger partial charge on any atom is 0.275 e. The molecule has 1 N–H and O–H groups in total. The van der Waals surface area contributed by atoms with E-state index in [4.69, 9.17) is 9.47 Å². The fourth-order valence-corrected chi connectivity index (χ4v) is 3.41. The number of rotatable bonds is 6. The van der Waals surface area contributed by atoms with Crippen LogP contribution in [0.5, 0.6) is 11.5 Å². The van der Waals surface area contributed by atoms with Crippen LogP contribution in [0, 0.1) is 0 Å². The SMILES string of the molecule is CCC1CCCCN1c1cnc(C(=O)Nc2cc(OC)ccc2OC)cn1. The highest BCUT2D eigenvalue weighted by atomic mass is 16.5. The summed E-state index contributed by atoms with van der Waals surface area (Å²) in [4.78, 5) is 23.7. The molecule has 7 heteroatoms. The van der Waals surface area contributed by atoms with Gasteiger partial charge in [0.1, 0.15) is 23.0 Å². The summed E-state index contributed by atoms with van der Waals surface area (Å²) in [5.74, 6) is 1.67. The molecule has 7 nitrogen and oxygen atoms in total. The van der Waals surface area contributed by atoms with E-state index in [1.807, 2.05) is 0 Å². The maximum atomic E-state index is 12.6. The molecule has 27 heavy (non-hydrogen) atoms. The van der Waals surface area contributed by atoms with E-state index in [0.29, 0.717) is 23.2 Å². The van der Waals surface area contributed by atoms with Crippen LogP contribution in [0.4, 0.5) is 11.5 Å². The first-order valence-corrected chi connectivity index (χ1v) is 9.28. The van der Waals surface area contributed by atoms with Crippen molar-refractivity contribution in [1.82, 2.24) is 9.97 Å². The topological polar surface area (TPSA) is 76.6 Å². The van der Waals surface area contributed by atoms with Gasteiger partial charge in [-0.05, 0) is 37.8 Å². The lowest BCUT2D eigenvalue weighted by Gasteiger charge is -2.35. The third-order valence-electron chi connectivity index (χ3n) is 4.92. The molecule has 1 aromatic carbocycles. The van der Waals surface area contributed by atoms with E-state index < -0.39 is 0 Å². The van der Waals surface area contributed by atoms with Crippen LogP contribution < -0.4 is 19.7 Å². The van der Waals surface area contributed by atoms with E-state index in [1.165, 1.54) is 19.0 Å². The van der Waals surface area contributed by atoms with E-state index in [0.717, 1.165) is 25.2 Å². The summed E-state index contributed by atoms with van der Waals surface area (Å²) in [6.07, 6.45) is 7.89. The standard InChI is InChI=1S/C20H26N4O3/c1-4-14-7-5-6-10-24(14)19-13-21-17(12-22-19)20(25)23-16-11-15(26-2)8-9-18(16)27-3/h8-9,11-14H,4-7,10H2,1-3H3,(H,23,25). The summed E-state index contributed by atoms with van der Waals surface area (Å²) >= 11 is 0. The smallest absolute Gasteiger partial charge is 0.275 e. The zero-order valence-corrected chi connectivity index (χ0v) is 16.1. The zero-order chi connectivity index (χ0) is 19.2. The number of benzene rings is 1. The number of piperidine rings is 1. The van der Waals surface area contributed by atoms with Gasteiger partial charge in [0, 0.05) is 18.7 Å². The second-order valence-electron chi connectivity index (χ2n) is 6.53. The third-order valence-corrected chi connectivity index (χ3v) is 4.92. The average molecular weight is 370 g/mol. The van der Waals surface area contributed by atoms with E-state index in [9.17, 15) is 4.79 Å². The summed E-state index contributed by atoms with van der Waals surface area (Å²) in [5, 5.41) is 2.81. The predicted octanol–water partition coefficient (Wildman–Crippen LogP) is 3.52. The normalized spacial score (nSPS) is 16.7. The molecule has 144 valence electrons. The van der Waals surface area contributed by atoms with Crippen LogP contribution in [0.1, 0.15) is 43.1 Å². The molecule has 1 aliphatic rings. The molecule has 3 rings (SSSR count). The van der Waals surface area contributed by atoms with Crippen LogP contribution in [-0.4, -0.2) is 42.7 Å².